The molecule has 0 aromatic heterocycles. The Morgan fingerprint density at radius 3 is 2.48 bits per heavy atom. The van der Waals surface area contributed by atoms with Crippen LogP contribution < -0.4 is 5.32 Å². The highest BCUT2D eigenvalue weighted by molar-refractivity contribution is 6.05. The minimum absolute atomic E-state index is 0.0401. The van der Waals surface area contributed by atoms with Crippen molar-refractivity contribution in [3.8, 4) is 0 Å². The van der Waals surface area contributed by atoms with E-state index in [0.717, 1.165) is 19.3 Å². The zero-order valence-electron chi connectivity index (χ0n) is 14.1. The molecular weight excluding hydrogens is 268 g/mol. The molecule has 0 bridgehead atoms. The predicted molar refractivity (Wildman–Crippen MR) is 82.9 cm³/mol. The fourth-order valence-corrected chi connectivity index (χ4v) is 2.71. The maximum atomic E-state index is 12.4. The van der Waals surface area contributed by atoms with Gasteiger partial charge in [-0.1, -0.05) is 27.7 Å². The highest BCUT2D eigenvalue weighted by Crippen LogP contribution is 2.23. The van der Waals surface area contributed by atoms with Crippen LogP contribution in [0.5, 0.6) is 0 Å². The van der Waals surface area contributed by atoms with Gasteiger partial charge in [-0.3, -0.25) is 14.5 Å². The van der Waals surface area contributed by atoms with E-state index in [2.05, 4.69) is 19.2 Å². The van der Waals surface area contributed by atoms with Crippen LogP contribution >= 0.6 is 0 Å². The molecule has 1 aliphatic heterocycles. The number of ether oxygens (including phenoxy) is 1. The highest BCUT2D eigenvalue weighted by atomic mass is 16.5. The number of methoxy groups -OCH3 is 1. The van der Waals surface area contributed by atoms with Crippen molar-refractivity contribution in [2.45, 2.75) is 65.5 Å². The van der Waals surface area contributed by atoms with E-state index in [1.165, 1.54) is 4.90 Å². The molecule has 2 amide bonds. The van der Waals surface area contributed by atoms with Gasteiger partial charge in [0.15, 0.2) is 0 Å². The summed E-state index contributed by atoms with van der Waals surface area (Å²) in [7, 11) is 1.69. The SMILES string of the molecule is CCC(CC)N1C(=O)CC(NCC(C)(C)CCOC)C1=O. The van der Waals surface area contributed by atoms with E-state index in [4.69, 9.17) is 4.74 Å². The molecule has 1 aliphatic rings. The van der Waals surface area contributed by atoms with Crippen LogP contribution in [0, 0.1) is 5.41 Å². The molecule has 122 valence electrons. The molecule has 0 aliphatic carbocycles. The predicted octanol–water partition coefficient (Wildman–Crippen LogP) is 1.95. The number of nitrogens with zero attached hydrogens (tertiary/aromatic N) is 1. The van der Waals surface area contributed by atoms with Gasteiger partial charge >= 0.3 is 0 Å². The Morgan fingerprint density at radius 2 is 1.95 bits per heavy atom. The van der Waals surface area contributed by atoms with Crippen LogP contribution in [0.4, 0.5) is 0 Å². The quantitative estimate of drug-likeness (QED) is 0.661. The van der Waals surface area contributed by atoms with Crippen LogP contribution in [0.2, 0.25) is 0 Å². The lowest BCUT2D eigenvalue weighted by Gasteiger charge is -2.27. The fourth-order valence-electron chi connectivity index (χ4n) is 2.71. The van der Waals surface area contributed by atoms with Gasteiger partial charge in [-0.25, -0.2) is 0 Å². The average molecular weight is 298 g/mol. The number of nitrogens with one attached hydrogen (secondary N) is 1. The first-order valence-corrected chi connectivity index (χ1v) is 7.94. The van der Waals surface area contributed by atoms with Crippen molar-refractivity contribution < 1.29 is 14.3 Å². The molecule has 1 fully saturated rings. The van der Waals surface area contributed by atoms with Crippen LogP contribution in [0.25, 0.3) is 0 Å². The Morgan fingerprint density at radius 1 is 1.33 bits per heavy atom. The number of likely N-dealkylation sites (tertiary alicyclic amines) is 1. The summed E-state index contributed by atoms with van der Waals surface area (Å²) in [6.45, 7) is 9.72. The number of amides is 2. The van der Waals surface area contributed by atoms with Crippen LogP contribution in [0.1, 0.15) is 53.4 Å². The molecule has 21 heavy (non-hydrogen) atoms. The summed E-state index contributed by atoms with van der Waals surface area (Å²) in [5.74, 6) is -0.0999. The Hall–Kier alpha value is -0.940. The third-order valence-electron chi connectivity index (χ3n) is 4.30. The first kappa shape index (κ1) is 18.1. The lowest BCUT2D eigenvalue weighted by atomic mass is 9.89. The molecule has 0 spiro atoms. The normalized spacial score (nSPS) is 19.9. The summed E-state index contributed by atoms with van der Waals surface area (Å²) in [6, 6.07) is -0.321. The molecule has 0 aromatic carbocycles. The number of imide groups is 1. The first-order chi connectivity index (χ1) is 9.86. The fraction of sp³-hybridized carbons (Fsp3) is 0.875. The van der Waals surface area contributed by atoms with Gasteiger partial charge in [-0.15, -0.1) is 0 Å². The number of carbonyl (C=O) groups is 2. The Bertz CT molecular complexity index is 365. The van der Waals surface area contributed by atoms with Gasteiger partial charge in [-0.2, -0.15) is 0 Å². The van der Waals surface area contributed by atoms with Crippen molar-refractivity contribution >= 4 is 11.8 Å². The van der Waals surface area contributed by atoms with E-state index in [0.29, 0.717) is 13.2 Å². The second kappa shape index (κ2) is 7.90. The largest absolute Gasteiger partial charge is 0.385 e. The van der Waals surface area contributed by atoms with Crippen molar-refractivity contribution in [3.63, 3.8) is 0 Å². The zero-order chi connectivity index (χ0) is 16.0. The number of carbonyl (C=O) groups excluding carboxylic acids is 2. The molecule has 0 radical (unpaired) electrons. The van der Waals surface area contributed by atoms with Gasteiger partial charge < -0.3 is 10.1 Å². The number of hydrogen-bond donors (Lipinski definition) is 1. The number of rotatable bonds is 9. The standard InChI is InChI=1S/C16H30N2O3/c1-6-12(7-2)18-14(19)10-13(15(18)20)17-11-16(3,4)8-9-21-5/h12-13,17H,6-11H2,1-5H3. The maximum absolute atomic E-state index is 12.4. The van der Waals surface area contributed by atoms with Crippen molar-refractivity contribution in [2.24, 2.45) is 5.41 Å². The van der Waals surface area contributed by atoms with E-state index < -0.39 is 0 Å². The van der Waals surface area contributed by atoms with Gasteiger partial charge in [0.2, 0.25) is 11.8 Å². The molecule has 1 rings (SSSR count). The summed E-state index contributed by atoms with van der Waals surface area (Å²) < 4.78 is 5.11. The third-order valence-corrected chi connectivity index (χ3v) is 4.30. The zero-order valence-corrected chi connectivity index (χ0v) is 14.1. The van der Waals surface area contributed by atoms with Crippen molar-refractivity contribution in [2.75, 3.05) is 20.3 Å². The molecule has 5 nitrogen and oxygen atoms in total. The minimum Gasteiger partial charge on any atom is -0.385 e. The molecule has 0 aromatic rings. The molecule has 1 atom stereocenters. The molecule has 0 saturated carbocycles. The van der Waals surface area contributed by atoms with Crippen LogP contribution in [0.3, 0.4) is 0 Å². The lowest BCUT2D eigenvalue weighted by Crippen LogP contribution is -2.45. The lowest BCUT2D eigenvalue weighted by molar-refractivity contribution is -0.141. The van der Waals surface area contributed by atoms with Gasteiger partial charge in [0, 0.05) is 26.3 Å². The second-order valence-corrected chi connectivity index (χ2v) is 6.62. The molecule has 1 saturated heterocycles. The van der Waals surface area contributed by atoms with E-state index in [1.54, 1.807) is 7.11 Å². The molecule has 5 heteroatoms. The van der Waals surface area contributed by atoms with Crippen molar-refractivity contribution in [1.29, 1.82) is 0 Å². The molecular formula is C16H30N2O3. The van der Waals surface area contributed by atoms with E-state index >= 15 is 0 Å². The van der Waals surface area contributed by atoms with Gasteiger partial charge in [0.05, 0.1) is 12.5 Å². The Kier molecular flexibility index (Phi) is 6.81. The van der Waals surface area contributed by atoms with Crippen LogP contribution in [-0.4, -0.2) is 49.1 Å². The topological polar surface area (TPSA) is 58.6 Å². The average Bonchev–Trinajstić information content (AvgIpc) is 2.72. The van der Waals surface area contributed by atoms with E-state index in [-0.39, 0.29) is 35.7 Å². The van der Waals surface area contributed by atoms with E-state index in [1.807, 2.05) is 13.8 Å². The smallest absolute Gasteiger partial charge is 0.247 e. The Labute approximate surface area is 128 Å². The maximum Gasteiger partial charge on any atom is 0.247 e. The highest BCUT2D eigenvalue weighted by Gasteiger charge is 2.41. The van der Waals surface area contributed by atoms with Gasteiger partial charge in [-0.05, 0) is 24.7 Å². The second-order valence-electron chi connectivity index (χ2n) is 6.62. The summed E-state index contributed by atoms with van der Waals surface area (Å²) >= 11 is 0. The molecule has 1 heterocycles. The summed E-state index contributed by atoms with van der Waals surface area (Å²) in [4.78, 5) is 26.0. The third kappa shape index (κ3) is 4.78. The molecule has 1 unspecified atom stereocenters. The summed E-state index contributed by atoms with van der Waals surface area (Å²) in [5.41, 5.74) is 0.0433. The van der Waals surface area contributed by atoms with E-state index in [9.17, 15) is 9.59 Å². The first-order valence-electron chi connectivity index (χ1n) is 7.94. The van der Waals surface area contributed by atoms with Gasteiger partial charge in [0.1, 0.15) is 0 Å². The van der Waals surface area contributed by atoms with Crippen LogP contribution in [-0.2, 0) is 14.3 Å². The summed E-state index contributed by atoms with van der Waals surface area (Å²) in [5, 5.41) is 3.28. The monoisotopic (exact) mass is 298 g/mol. The van der Waals surface area contributed by atoms with Crippen molar-refractivity contribution in [1.82, 2.24) is 10.2 Å². The minimum atomic E-state index is -0.361. The summed E-state index contributed by atoms with van der Waals surface area (Å²) in [6.07, 6.45) is 2.84. The number of hydrogen-bond acceptors (Lipinski definition) is 4. The van der Waals surface area contributed by atoms with Crippen LogP contribution in [0.15, 0.2) is 0 Å². The Balaban J connectivity index is 2.58. The van der Waals surface area contributed by atoms with Crippen molar-refractivity contribution in [3.05, 3.63) is 0 Å². The molecule has 1 N–H and O–H groups in total. The van der Waals surface area contributed by atoms with Gasteiger partial charge in [0.25, 0.3) is 0 Å².